The van der Waals surface area contributed by atoms with Crippen LogP contribution in [0.3, 0.4) is 0 Å². The van der Waals surface area contributed by atoms with Crippen molar-refractivity contribution in [2.75, 3.05) is 37.4 Å². The van der Waals surface area contributed by atoms with E-state index in [1.54, 1.807) is 12.1 Å². The molecule has 30 heavy (non-hydrogen) atoms. The number of benzene rings is 2. The van der Waals surface area contributed by atoms with Crippen molar-refractivity contribution in [3.05, 3.63) is 53.6 Å². The van der Waals surface area contributed by atoms with Gasteiger partial charge in [-0.05, 0) is 42.2 Å². The molecule has 0 aliphatic rings. The second kappa shape index (κ2) is 10.3. The number of carbonyl (C=O) groups excluding carboxylic acids is 1. The minimum absolute atomic E-state index is 0.258. The second-order valence-electron chi connectivity index (χ2n) is 7.34. The van der Waals surface area contributed by atoms with Crippen LogP contribution in [-0.4, -0.2) is 47.4 Å². The van der Waals surface area contributed by atoms with Crippen molar-refractivity contribution < 1.29 is 22.7 Å². The fourth-order valence-corrected chi connectivity index (χ4v) is 3.85. The van der Waals surface area contributed by atoms with E-state index in [2.05, 4.69) is 19.2 Å². The number of methoxy groups -OCH3 is 1. The molecule has 1 amide bonds. The first-order chi connectivity index (χ1) is 14.1. The molecule has 0 saturated heterocycles. The topological polar surface area (TPSA) is 84.9 Å². The highest BCUT2D eigenvalue weighted by molar-refractivity contribution is 7.92. The number of amides is 1. The molecule has 0 atom stereocenters. The van der Waals surface area contributed by atoms with Crippen molar-refractivity contribution in [1.82, 2.24) is 5.32 Å². The third-order valence-corrected chi connectivity index (χ3v) is 5.64. The van der Waals surface area contributed by atoms with E-state index in [-0.39, 0.29) is 19.7 Å². The monoisotopic (exact) mass is 434 g/mol. The summed E-state index contributed by atoms with van der Waals surface area (Å²) in [7, 11) is -2.23. The van der Waals surface area contributed by atoms with Crippen LogP contribution in [0, 0.1) is 6.92 Å². The lowest BCUT2D eigenvalue weighted by atomic mass is 10.0. The molecule has 8 heteroatoms. The van der Waals surface area contributed by atoms with E-state index < -0.39 is 15.9 Å². The Morgan fingerprint density at radius 3 is 2.47 bits per heavy atom. The number of nitrogens with zero attached hydrogens (tertiary/aromatic N) is 1. The Bertz CT molecular complexity index is 973. The molecule has 0 spiro atoms. The predicted molar refractivity (Wildman–Crippen MR) is 119 cm³/mol. The van der Waals surface area contributed by atoms with Crippen LogP contribution >= 0.6 is 0 Å². The lowest BCUT2D eigenvalue weighted by Crippen LogP contribution is -2.41. The zero-order chi connectivity index (χ0) is 22.3. The Labute approximate surface area is 179 Å². The molecule has 2 aromatic rings. The molecule has 0 fully saturated rings. The van der Waals surface area contributed by atoms with Crippen molar-refractivity contribution in [3.63, 3.8) is 0 Å². The average molecular weight is 435 g/mol. The largest absolute Gasteiger partial charge is 0.495 e. The number of rotatable bonds is 10. The molecule has 0 aliphatic carbocycles. The van der Waals surface area contributed by atoms with E-state index in [9.17, 15) is 13.2 Å². The van der Waals surface area contributed by atoms with E-state index in [4.69, 9.17) is 9.47 Å². The smallest absolute Gasteiger partial charge is 0.240 e. The lowest BCUT2D eigenvalue weighted by Gasteiger charge is -2.24. The highest BCUT2D eigenvalue weighted by atomic mass is 32.2. The van der Waals surface area contributed by atoms with Crippen molar-refractivity contribution >= 4 is 21.6 Å². The van der Waals surface area contributed by atoms with Gasteiger partial charge in [0, 0.05) is 0 Å². The van der Waals surface area contributed by atoms with Crippen LogP contribution in [-0.2, 0) is 14.8 Å². The maximum atomic E-state index is 12.4. The summed E-state index contributed by atoms with van der Waals surface area (Å²) in [5, 5.41) is 2.72. The Hall–Kier alpha value is -2.74. The highest BCUT2D eigenvalue weighted by Gasteiger charge is 2.24. The molecule has 164 valence electrons. The second-order valence-corrected chi connectivity index (χ2v) is 9.24. The third kappa shape index (κ3) is 6.38. The van der Waals surface area contributed by atoms with Gasteiger partial charge in [0.25, 0.3) is 0 Å². The molecule has 0 unspecified atom stereocenters. The molecule has 7 nitrogen and oxygen atoms in total. The summed E-state index contributed by atoms with van der Waals surface area (Å²) in [6.45, 7) is 6.21. The number of anilines is 1. The van der Waals surface area contributed by atoms with Gasteiger partial charge in [0.15, 0.2) is 0 Å². The quantitative estimate of drug-likeness (QED) is 0.581. The van der Waals surface area contributed by atoms with Crippen LogP contribution < -0.4 is 19.1 Å². The van der Waals surface area contributed by atoms with E-state index >= 15 is 0 Å². The first-order valence-electron chi connectivity index (χ1n) is 9.74. The van der Waals surface area contributed by atoms with Crippen LogP contribution in [0.5, 0.6) is 11.5 Å². The predicted octanol–water partition coefficient (Wildman–Crippen LogP) is 3.09. The fourth-order valence-electron chi connectivity index (χ4n) is 3.00. The number of para-hydroxylation sites is 1. The number of sulfonamides is 1. The number of hydrogen-bond acceptors (Lipinski definition) is 5. The Morgan fingerprint density at radius 1 is 1.13 bits per heavy atom. The number of ether oxygens (including phenoxy) is 2. The molecular formula is C22H30N2O5S. The van der Waals surface area contributed by atoms with Crippen molar-refractivity contribution in [1.29, 1.82) is 0 Å². The summed E-state index contributed by atoms with van der Waals surface area (Å²) in [4.78, 5) is 12.4. The zero-order valence-corrected chi connectivity index (χ0v) is 19.0. The molecule has 2 aromatic carbocycles. The summed E-state index contributed by atoms with van der Waals surface area (Å²) >= 11 is 0. The van der Waals surface area contributed by atoms with Gasteiger partial charge in [-0.25, -0.2) is 8.42 Å². The third-order valence-electron chi connectivity index (χ3n) is 4.51. The number of hydrogen-bond donors (Lipinski definition) is 1. The average Bonchev–Trinajstić information content (AvgIpc) is 2.68. The van der Waals surface area contributed by atoms with Gasteiger partial charge in [0.2, 0.25) is 15.9 Å². The molecule has 0 radical (unpaired) electrons. The summed E-state index contributed by atoms with van der Waals surface area (Å²) in [6, 6.07) is 12.9. The molecular weight excluding hydrogens is 404 g/mol. The molecule has 0 heterocycles. The van der Waals surface area contributed by atoms with Crippen molar-refractivity contribution in [3.8, 4) is 11.5 Å². The van der Waals surface area contributed by atoms with Gasteiger partial charge in [0.1, 0.15) is 24.7 Å². The van der Waals surface area contributed by atoms with Gasteiger partial charge in [0.05, 0.1) is 25.6 Å². The van der Waals surface area contributed by atoms with Crippen molar-refractivity contribution in [2.24, 2.45) is 0 Å². The first-order valence-corrected chi connectivity index (χ1v) is 11.6. The Kier molecular flexibility index (Phi) is 8.11. The standard InChI is InChI=1S/C22H30N2O5S/c1-16(2)18-8-6-7-9-20(18)29-13-12-23-22(25)15-24(30(5,26)27)19-14-17(3)10-11-21(19)28-4/h6-11,14,16H,12-13,15H2,1-5H3,(H,23,25). The van der Waals surface area contributed by atoms with Crippen LogP contribution in [0.1, 0.15) is 30.9 Å². The van der Waals surface area contributed by atoms with E-state index in [1.807, 2.05) is 37.3 Å². The number of carbonyl (C=O) groups is 1. The normalized spacial score (nSPS) is 11.3. The van der Waals surface area contributed by atoms with Gasteiger partial charge in [-0.2, -0.15) is 0 Å². The van der Waals surface area contributed by atoms with E-state index in [0.717, 1.165) is 27.4 Å². The summed E-state index contributed by atoms with van der Waals surface area (Å²) in [6.07, 6.45) is 1.06. The van der Waals surface area contributed by atoms with Gasteiger partial charge >= 0.3 is 0 Å². The Balaban J connectivity index is 2.01. The highest BCUT2D eigenvalue weighted by Crippen LogP contribution is 2.30. The van der Waals surface area contributed by atoms with Crippen molar-refractivity contribution in [2.45, 2.75) is 26.7 Å². The van der Waals surface area contributed by atoms with Gasteiger partial charge < -0.3 is 14.8 Å². The molecule has 0 bridgehead atoms. The first kappa shape index (κ1) is 23.5. The van der Waals surface area contributed by atoms with Gasteiger partial charge in [-0.15, -0.1) is 0 Å². The number of nitrogens with one attached hydrogen (secondary N) is 1. The maximum absolute atomic E-state index is 12.4. The zero-order valence-electron chi connectivity index (χ0n) is 18.1. The van der Waals surface area contributed by atoms with Gasteiger partial charge in [-0.1, -0.05) is 38.1 Å². The lowest BCUT2D eigenvalue weighted by molar-refractivity contribution is -0.119. The SMILES string of the molecule is COc1ccc(C)cc1N(CC(=O)NCCOc1ccccc1C(C)C)S(C)(=O)=O. The summed E-state index contributed by atoms with van der Waals surface area (Å²) < 4.78 is 36.8. The fraction of sp³-hybridized carbons (Fsp3) is 0.409. The summed E-state index contributed by atoms with van der Waals surface area (Å²) in [5.41, 5.74) is 2.29. The number of aryl methyl sites for hydroxylation is 1. The molecule has 0 aromatic heterocycles. The van der Waals surface area contributed by atoms with Crippen LogP contribution in [0.25, 0.3) is 0 Å². The maximum Gasteiger partial charge on any atom is 0.240 e. The minimum Gasteiger partial charge on any atom is -0.495 e. The summed E-state index contributed by atoms with van der Waals surface area (Å²) in [5.74, 6) is 1.06. The minimum atomic E-state index is -3.69. The van der Waals surface area contributed by atoms with E-state index in [0.29, 0.717) is 17.4 Å². The van der Waals surface area contributed by atoms with Gasteiger partial charge in [-0.3, -0.25) is 9.10 Å². The van der Waals surface area contributed by atoms with Crippen LogP contribution in [0.15, 0.2) is 42.5 Å². The molecule has 0 aliphatic heterocycles. The molecule has 0 saturated carbocycles. The Morgan fingerprint density at radius 2 is 1.83 bits per heavy atom. The van der Waals surface area contributed by atoms with Crippen LogP contribution in [0.2, 0.25) is 0 Å². The molecule has 1 N–H and O–H groups in total. The van der Waals surface area contributed by atoms with Crippen LogP contribution in [0.4, 0.5) is 5.69 Å². The van der Waals surface area contributed by atoms with E-state index in [1.165, 1.54) is 7.11 Å². The molecule has 2 rings (SSSR count).